The predicted molar refractivity (Wildman–Crippen MR) is 110 cm³/mol. The van der Waals surface area contributed by atoms with Crippen LogP contribution in [0.2, 0.25) is 5.02 Å². The van der Waals surface area contributed by atoms with E-state index >= 15 is 0 Å². The van der Waals surface area contributed by atoms with Crippen molar-refractivity contribution in [3.8, 4) is 5.75 Å². The van der Waals surface area contributed by atoms with Crippen LogP contribution in [-0.4, -0.2) is 36.4 Å². The first kappa shape index (κ1) is 21.3. The summed E-state index contributed by atoms with van der Waals surface area (Å²) in [5, 5.41) is 3.20. The number of benzene rings is 2. The molecule has 0 bridgehead atoms. The first-order valence-corrected chi connectivity index (χ1v) is 9.63. The number of amides is 2. The molecule has 7 heteroatoms. The van der Waals surface area contributed by atoms with Crippen molar-refractivity contribution in [1.82, 2.24) is 10.2 Å². The molecule has 0 unspecified atom stereocenters. The van der Waals surface area contributed by atoms with Crippen molar-refractivity contribution in [3.63, 3.8) is 0 Å². The molecule has 2 aromatic rings. The molecule has 2 aromatic carbocycles. The van der Waals surface area contributed by atoms with Gasteiger partial charge in [-0.15, -0.1) is 0 Å². The van der Waals surface area contributed by atoms with Gasteiger partial charge in [0.05, 0.1) is 0 Å². The molecule has 0 fully saturated rings. The molecule has 144 valence electrons. The summed E-state index contributed by atoms with van der Waals surface area (Å²) >= 11 is 9.35. The second kappa shape index (κ2) is 9.76. The zero-order valence-corrected chi connectivity index (χ0v) is 17.8. The number of nitrogens with one attached hydrogen (secondary N) is 1. The number of nitrogens with zero attached hydrogens (tertiary/aromatic N) is 1. The second-order valence-electron chi connectivity index (χ2n) is 6.14. The van der Waals surface area contributed by atoms with E-state index in [1.54, 1.807) is 32.2 Å². The third kappa shape index (κ3) is 5.97. The summed E-state index contributed by atoms with van der Waals surface area (Å²) < 4.78 is 6.61. The molecular formula is C20H22BrClN2O3. The highest BCUT2D eigenvalue weighted by atomic mass is 79.9. The number of aryl methyl sites for hydroxylation is 1. The molecule has 0 heterocycles. The lowest BCUT2D eigenvalue weighted by Crippen LogP contribution is -2.48. The van der Waals surface area contributed by atoms with Crippen LogP contribution in [0.4, 0.5) is 0 Å². The summed E-state index contributed by atoms with van der Waals surface area (Å²) in [6.07, 6.45) is 0. The summed E-state index contributed by atoms with van der Waals surface area (Å²) in [6.45, 7) is 3.76. The molecule has 27 heavy (non-hydrogen) atoms. The summed E-state index contributed by atoms with van der Waals surface area (Å²) in [6, 6.07) is 12.0. The lowest BCUT2D eigenvalue weighted by molar-refractivity contribution is -0.142. The maximum atomic E-state index is 12.8. The Labute approximate surface area is 172 Å². The zero-order valence-electron chi connectivity index (χ0n) is 15.5. The molecule has 0 spiro atoms. The van der Waals surface area contributed by atoms with Gasteiger partial charge in [-0.2, -0.15) is 0 Å². The summed E-state index contributed by atoms with van der Waals surface area (Å²) in [7, 11) is 1.55. The van der Waals surface area contributed by atoms with E-state index < -0.39 is 6.04 Å². The number of carbonyl (C=O) groups is 2. The fourth-order valence-electron chi connectivity index (χ4n) is 2.51. The molecule has 1 atom stereocenters. The molecule has 0 radical (unpaired) electrons. The van der Waals surface area contributed by atoms with Crippen LogP contribution in [0.3, 0.4) is 0 Å². The zero-order chi connectivity index (χ0) is 20.0. The Morgan fingerprint density at radius 1 is 1.22 bits per heavy atom. The van der Waals surface area contributed by atoms with Crippen molar-refractivity contribution in [1.29, 1.82) is 0 Å². The van der Waals surface area contributed by atoms with Crippen molar-refractivity contribution in [3.05, 3.63) is 63.1 Å². The molecule has 0 aliphatic rings. The van der Waals surface area contributed by atoms with Gasteiger partial charge in [-0.25, -0.2) is 0 Å². The van der Waals surface area contributed by atoms with Crippen LogP contribution >= 0.6 is 27.5 Å². The third-order valence-corrected chi connectivity index (χ3v) is 5.31. The van der Waals surface area contributed by atoms with Crippen LogP contribution in [-0.2, 0) is 16.1 Å². The molecule has 2 rings (SSSR count). The third-order valence-electron chi connectivity index (χ3n) is 4.17. The van der Waals surface area contributed by atoms with Crippen molar-refractivity contribution in [2.45, 2.75) is 26.4 Å². The summed E-state index contributed by atoms with van der Waals surface area (Å²) in [5.74, 6) is 0.0847. The molecule has 0 aliphatic heterocycles. The predicted octanol–water partition coefficient (Wildman–Crippen LogP) is 3.95. The number of halogens is 2. The van der Waals surface area contributed by atoms with Gasteiger partial charge in [0.25, 0.3) is 5.91 Å². The van der Waals surface area contributed by atoms with Gasteiger partial charge in [-0.05, 0) is 55.3 Å². The first-order chi connectivity index (χ1) is 12.8. The van der Waals surface area contributed by atoms with Gasteiger partial charge in [0, 0.05) is 23.1 Å². The molecule has 1 N–H and O–H groups in total. The van der Waals surface area contributed by atoms with Crippen LogP contribution in [0.25, 0.3) is 0 Å². The van der Waals surface area contributed by atoms with Crippen molar-refractivity contribution >= 4 is 39.3 Å². The van der Waals surface area contributed by atoms with E-state index in [9.17, 15) is 9.59 Å². The Morgan fingerprint density at radius 3 is 2.48 bits per heavy atom. The molecular weight excluding hydrogens is 432 g/mol. The molecule has 0 aliphatic carbocycles. The van der Waals surface area contributed by atoms with Crippen LogP contribution in [0, 0.1) is 6.92 Å². The average Bonchev–Trinajstić information content (AvgIpc) is 2.67. The Kier molecular flexibility index (Phi) is 7.68. The minimum absolute atomic E-state index is 0.157. The highest BCUT2D eigenvalue weighted by Crippen LogP contribution is 2.22. The van der Waals surface area contributed by atoms with E-state index in [-0.39, 0.29) is 25.0 Å². The second-order valence-corrected chi connectivity index (χ2v) is 7.43. The average molecular weight is 454 g/mol. The van der Waals surface area contributed by atoms with Gasteiger partial charge in [-0.3, -0.25) is 9.59 Å². The van der Waals surface area contributed by atoms with Gasteiger partial charge in [-0.1, -0.05) is 39.7 Å². The van der Waals surface area contributed by atoms with E-state index in [2.05, 4.69) is 21.2 Å². The van der Waals surface area contributed by atoms with E-state index in [1.165, 1.54) is 4.90 Å². The number of ether oxygens (including phenoxy) is 1. The number of hydrogen-bond acceptors (Lipinski definition) is 3. The Balaban J connectivity index is 2.12. The van der Waals surface area contributed by atoms with Crippen LogP contribution in [0.15, 0.2) is 46.9 Å². The van der Waals surface area contributed by atoms with Crippen molar-refractivity contribution in [2.75, 3.05) is 13.7 Å². The highest BCUT2D eigenvalue weighted by molar-refractivity contribution is 9.10. The Hall–Kier alpha value is -2.05. The Bertz CT molecular complexity index is 811. The van der Waals surface area contributed by atoms with E-state index in [0.29, 0.717) is 10.8 Å². The van der Waals surface area contributed by atoms with E-state index in [1.807, 2.05) is 31.2 Å². The molecule has 0 aromatic heterocycles. The molecule has 0 saturated heterocycles. The lowest BCUT2D eigenvalue weighted by Gasteiger charge is -2.28. The number of hydrogen-bond donors (Lipinski definition) is 1. The van der Waals surface area contributed by atoms with Gasteiger partial charge in [0.15, 0.2) is 6.61 Å². The molecule has 2 amide bonds. The van der Waals surface area contributed by atoms with Gasteiger partial charge in [0.2, 0.25) is 5.91 Å². The number of likely N-dealkylation sites (N-methyl/N-ethyl adjacent to an activating group) is 1. The lowest BCUT2D eigenvalue weighted by atomic mass is 10.1. The monoisotopic (exact) mass is 452 g/mol. The maximum Gasteiger partial charge on any atom is 0.261 e. The van der Waals surface area contributed by atoms with E-state index in [0.717, 1.165) is 15.6 Å². The number of carbonyl (C=O) groups excluding carboxylic acids is 2. The smallest absolute Gasteiger partial charge is 0.261 e. The van der Waals surface area contributed by atoms with Crippen LogP contribution in [0.1, 0.15) is 18.1 Å². The van der Waals surface area contributed by atoms with Gasteiger partial charge >= 0.3 is 0 Å². The summed E-state index contributed by atoms with van der Waals surface area (Å²) in [5.41, 5.74) is 1.89. The topological polar surface area (TPSA) is 58.6 Å². The SMILES string of the molecule is CNC(=O)[C@H](C)N(Cc1ccc(Cl)cc1)C(=O)COc1ccc(Br)c(C)c1. The minimum Gasteiger partial charge on any atom is -0.484 e. The fourth-order valence-corrected chi connectivity index (χ4v) is 2.89. The maximum absolute atomic E-state index is 12.8. The first-order valence-electron chi connectivity index (χ1n) is 8.46. The largest absolute Gasteiger partial charge is 0.484 e. The minimum atomic E-state index is -0.631. The summed E-state index contributed by atoms with van der Waals surface area (Å²) in [4.78, 5) is 26.4. The normalized spacial score (nSPS) is 11.6. The quantitative estimate of drug-likeness (QED) is 0.690. The fraction of sp³-hybridized carbons (Fsp3) is 0.300. The van der Waals surface area contributed by atoms with Gasteiger partial charge in [0.1, 0.15) is 11.8 Å². The van der Waals surface area contributed by atoms with Crippen molar-refractivity contribution in [2.24, 2.45) is 0 Å². The van der Waals surface area contributed by atoms with Crippen LogP contribution in [0.5, 0.6) is 5.75 Å². The highest BCUT2D eigenvalue weighted by Gasteiger charge is 2.25. The van der Waals surface area contributed by atoms with E-state index in [4.69, 9.17) is 16.3 Å². The Morgan fingerprint density at radius 2 is 1.89 bits per heavy atom. The standard InChI is InChI=1S/C20H22BrClN2O3/c1-13-10-17(8-9-18(13)21)27-12-19(25)24(14(2)20(26)23-3)11-15-4-6-16(22)7-5-15/h4-10,14H,11-12H2,1-3H3,(H,23,26)/t14-/m0/s1. The molecule has 5 nitrogen and oxygen atoms in total. The van der Waals surface area contributed by atoms with Gasteiger partial charge < -0.3 is 15.0 Å². The molecule has 0 saturated carbocycles. The number of rotatable bonds is 7. The van der Waals surface area contributed by atoms with Crippen LogP contribution < -0.4 is 10.1 Å². The van der Waals surface area contributed by atoms with Crippen molar-refractivity contribution < 1.29 is 14.3 Å².